The Balaban J connectivity index is 1.45. The molecule has 1 amide bonds. The standard InChI is InChI=1S/C21H21N3O2S/c1-15-13-14-24(17-9-5-6-10-18(17)27-15)20(25)12-11-19-22-21(23-26-19)16-7-3-2-4-8-16/h2-10,15H,11-14H2,1H3. The van der Waals surface area contributed by atoms with Gasteiger partial charge in [0.15, 0.2) is 0 Å². The number of para-hydroxylation sites is 1. The molecule has 0 spiro atoms. The molecule has 0 aliphatic carbocycles. The Hall–Kier alpha value is -2.60. The van der Waals surface area contributed by atoms with Gasteiger partial charge in [-0.05, 0) is 18.6 Å². The van der Waals surface area contributed by atoms with Crippen molar-refractivity contribution in [3.05, 3.63) is 60.5 Å². The van der Waals surface area contributed by atoms with Gasteiger partial charge < -0.3 is 9.42 Å². The molecule has 2 aromatic carbocycles. The summed E-state index contributed by atoms with van der Waals surface area (Å²) in [4.78, 5) is 20.4. The molecule has 2 heterocycles. The van der Waals surface area contributed by atoms with E-state index in [1.165, 1.54) is 4.90 Å². The zero-order chi connectivity index (χ0) is 18.6. The third kappa shape index (κ3) is 4.06. The summed E-state index contributed by atoms with van der Waals surface area (Å²) in [7, 11) is 0. The fraction of sp³-hybridized carbons (Fsp3) is 0.286. The predicted molar refractivity (Wildman–Crippen MR) is 107 cm³/mol. The largest absolute Gasteiger partial charge is 0.339 e. The number of anilines is 1. The van der Waals surface area contributed by atoms with E-state index in [1.54, 1.807) is 0 Å². The Bertz CT molecular complexity index is 926. The first-order chi connectivity index (χ1) is 13.2. The monoisotopic (exact) mass is 379 g/mol. The minimum atomic E-state index is 0.0941. The summed E-state index contributed by atoms with van der Waals surface area (Å²) in [6, 6.07) is 17.8. The number of hydrogen-bond acceptors (Lipinski definition) is 5. The van der Waals surface area contributed by atoms with Crippen molar-refractivity contribution in [2.75, 3.05) is 11.4 Å². The van der Waals surface area contributed by atoms with Crippen LogP contribution in [0.2, 0.25) is 0 Å². The lowest BCUT2D eigenvalue weighted by Crippen LogP contribution is -2.32. The molecule has 0 N–H and O–H groups in total. The van der Waals surface area contributed by atoms with Gasteiger partial charge in [-0.25, -0.2) is 0 Å². The molecule has 3 aromatic rings. The second-order valence-corrected chi connectivity index (χ2v) is 8.09. The Morgan fingerprint density at radius 1 is 1.19 bits per heavy atom. The molecule has 1 aromatic heterocycles. The molecule has 5 nitrogen and oxygen atoms in total. The summed E-state index contributed by atoms with van der Waals surface area (Å²) < 4.78 is 5.33. The number of amides is 1. The van der Waals surface area contributed by atoms with Crippen molar-refractivity contribution < 1.29 is 9.32 Å². The normalized spacial score (nSPS) is 16.6. The number of nitrogens with zero attached hydrogens (tertiary/aromatic N) is 3. The molecule has 4 rings (SSSR count). The van der Waals surface area contributed by atoms with E-state index in [2.05, 4.69) is 23.1 Å². The van der Waals surface area contributed by atoms with Crippen molar-refractivity contribution >= 4 is 23.4 Å². The smallest absolute Gasteiger partial charge is 0.227 e. The number of hydrogen-bond donors (Lipinski definition) is 0. The minimum absolute atomic E-state index is 0.0941. The first-order valence-electron chi connectivity index (χ1n) is 9.15. The maximum atomic E-state index is 12.9. The third-order valence-corrected chi connectivity index (χ3v) is 5.83. The highest BCUT2D eigenvalue weighted by Crippen LogP contribution is 2.37. The fourth-order valence-electron chi connectivity index (χ4n) is 3.16. The molecule has 0 saturated heterocycles. The quantitative estimate of drug-likeness (QED) is 0.664. The summed E-state index contributed by atoms with van der Waals surface area (Å²) in [5, 5.41) is 4.52. The summed E-state index contributed by atoms with van der Waals surface area (Å²) in [5.74, 6) is 1.15. The van der Waals surface area contributed by atoms with E-state index in [0.717, 1.165) is 24.2 Å². The molecule has 1 aliphatic heterocycles. The van der Waals surface area contributed by atoms with Crippen molar-refractivity contribution in [2.45, 2.75) is 36.3 Å². The second-order valence-electron chi connectivity index (χ2n) is 6.61. The van der Waals surface area contributed by atoms with Crippen molar-refractivity contribution in [3.8, 4) is 11.4 Å². The molecule has 1 atom stereocenters. The van der Waals surface area contributed by atoms with E-state index in [9.17, 15) is 4.79 Å². The van der Waals surface area contributed by atoms with Gasteiger partial charge in [0.25, 0.3) is 0 Å². The van der Waals surface area contributed by atoms with Gasteiger partial charge in [0, 0.05) is 35.1 Å². The Kier molecular flexibility index (Phi) is 5.25. The van der Waals surface area contributed by atoms with Crippen LogP contribution < -0.4 is 4.90 Å². The lowest BCUT2D eigenvalue weighted by Gasteiger charge is -2.22. The van der Waals surface area contributed by atoms with Gasteiger partial charge in [-0.15, -0.1) is 11.8 Å². The number of aromatic nitrogens is 2. The number of carbonyl (C=O) groups is 1. The molecule has 0 fully saturated rings. The molecular weight excluding hydrogens is 358 g/mol. The Morgan fingerprint density at radius 3 is 2.81 bits per heavy atom. The van der Waals surface area contributed by atoms with E-state index in [1.807, 2.05) is 65.2 Å². The number of fused-ring (bicyclic) bond motifs is 1. The van der Waals surface area contributed by atoms with Gasteiger partial charge in [-0.3, -0.25) is 4.79 Å². The van der Waals surface area contributed by atoms with Gasteiger partial charge >= 0.3 is 0 Å². The lowest BCUT2D eigenvalue weighted by atomic mass is 10.2. The van der Waals surface area contributed by atoms with E-state index >= 15 is 0 Å². The zero-order valence-corrected chi connectivity index (χ0v) is 16.0. The highest BCUT2D eigenvalue weighted by molar-refractivity contribution is 8.00. The van der Waals surface area contributed by atoms with Gasteiger partial charge in [0.2, 0.25) is 17.6 Å². The van der Waals surface area contributed by atoms with Crippen LogP contribution in [0.4, 0.5) is 5.69 Å². The van der Waals surface area contributed by atoms with Crippen molar-refractivity contribution in [1.29, 1.82) is 0 Å². The van der Waals surface area contributed by atoms with E-state index < -0.39 is 0 Å². The molecular formula is C21H21N3O2S. The van der Waals surface area contributed by atoms with Crippen LogP contribution in [0, 0.1) is 0 Å². The van der Waals surface area contributed by atoms with Crippen molar-refractivity contribution in [3.63, 3.8) is 0 Å². The molecule has 27 heavy (non-hydrogen) atoms. The highest BCUT2D eigenvalue weighted by atomic mass is 32.2. The average Bonchev–Trinajstić information content (AvgIpc) is 3.10. The SMILES string of the molecule is CC1CCN(C(=O)CCc2nc(-c3ccccc3)no2)c2ccccc2S1. The van der Waals surface area contributed by atoms with Gasteiger partial charge in [0.05, 0.1) is 5.69 Å². The number of carbonyl (C=O) groups excluding carboxylic acids is 1. The second kappa shape index (κ2) is 7.96. The topological polar surface area (TPSA) is 59.2 Å². The fourth-order valence-corrected chi connectivity index (χ4v) is 4.27. The highest BCUT2D eigenvalue weighted by Gasteiger charge is 2.24. The molecule has 138 valence electrons. The first kappa shape index (κ1) is 17.8. The maximum Gasteiger partial charge on any atom is 0.227 e. The molecule has 6 heteroatoms. The maximum absolute atomic E-state index is 12.9. The van der Waals surface area contributed by atoms with Crippen LogP contribution in [-0.2, 0) is 11.2 Å². The van der Waals surface area contributed by atoms with Gasteiger partial charge in [0.1, 0.15) is 0 Å². The van der Waals surface area contributed by atoms with Crippen LogP contribution in [0.25, 0.3) is 11.4 Å². The number of aryl methyl sites for hydroxylation is 1. The van der Waals surface area contributed by atoms with Crippen LogP contribution in [-0.4, -0.2) is 27.8 Å². The van der Waals surface area contributed by atoms with Crippen LogP contribution in [0.5, 0.6) is 0 Å². The van der Waals surface area contributed by atoms with Crippen LogP contribution >= 0.6 is 11.8 Å². The van der Waals surface area contributed by atoms with Crippen molar-refractivity contribution in [1.82, 2.24) is 10.1 Å². The van der Waals surface area contributed by atoms with Crippen LogP contribution in [0.1, 0.15) is 25.7 Å². The Morgan fingerprint density at radius 2 is 1.96 bits per heavy atom. The predicted octanol–water partition coefficient (Wildman–Crippen LogP) is 4.59. The molecule has 0 radical (unpaired) electrons. The molecule has 0 bridgehead atoms. The number of benzene rings is 2. The van der Waals surface area contributed by atoms with Crippen LogP contribution in [0.15, 0.2) is 64.0 Å². The van der Waals surface area contributed by atoms with E-state index in [-0.39, 0.29) is 5.91 Å². The lowest BCUT2D eigenvalue weighted by molar-refractivity contribution is -0.118. The summed E-state index contributed by atoms with van der Waals surface area (Å²) in [5.41, 5.74) is 1.92. The number of rotatable bonds is 4. The van der Waals surface area contributed by atoms with Gasteiger partial charge in [-0.1, -0.05) is 54.5 Å². The third-order valence-electron chi connectivity index (χ3n) is 4.60. The van der Waals surface area contributed by atoms with Gasteiger partial charge in [-0.2, -0.15) is 4.98 Å². The first-order valence-corrected chi connectivity index (χ1v) is 10.0. The summed E-state index contributed by atoms with van der Waals surface area (Å²) in [6.07, 6.45) is 1.77. The minimum Gasteiger partial charge on any atom is -0.339 e. The zero-order valence-electron chi connectivity index (χ0n) is 15.2. The number of thioether (sulfide) groups is 1. The average molecular weight is 379 g/mol. The molecule has 1 aliphatic rings. The van der Waals surface area contributed by atoms with E-state index in [0.29, 0.717) is 29.8 Å². The molecule has 0 saturated carbocycles. The molecule has 1 unspecified atom stereocenters. The summed E-state index contributed by atoms with van der Waals surface area (Å²) in [6.45, 7) is 2.95. The van der Waals surface area contributed by atoms with E-state index in [4.69, 9.17) is 4.52 Å². The van der Waals surface area contributed by atoms with Crippen molar-refractivity contribution in [2.24, 2.45) is 0 Å². The van der Waals surface area contributed by atoms with Crippen LogP contribution in [0.3, 0.4) is 0 Å². The Labute approximate surface area is 162 Å². The summed E-state index contributed by atoms with van der Waals surface area (Å²) >= 11 is 1.83.